The van der Waals surface area contributed by atoms with E-state index in [9.17, 15) is 4.79 Å². The molecule has 0 atom stereocenters. The summed E-state index contributed by atoms with van der Waals surface area (Å²) in [5.41, 5.74) is 3.62. The number of carbonyl (C=O) groups is 1. The lowest BCUT2D eigenvalue weighted by Crippen LogP contribution is -2.40. The molecule has 25 heavy (non-hydrogen) atoms. The van der Waals surface area contributed by atoms with Gasteiger partial charge in [0.15, 0.2) is 0 Å². The van der Waals surface area contributed by atoms with Crippen molar-refractivity contribution in [2.75, 3.05) is 25.1 Å². The second kappa shape index (κ2) is 8.06. The minimum absolute atomic E-state index is 0.111. The van der Waals surface area contributed by atoms with Gasteiger partial charge in [-0.2, -0.15) is 0 Å². The van der Waals surface area contributed by atoms with Crippen LogP contribution in [0, 0.1) is 12.8 Å². The highest BCUT2D eigenvalue weighted by Crippen LogP contribution is 2.24. The molecular weight excluding hydrogens is 312 g/mol. The van der Waals surface area contributed by atoms with Crippen molar-refractivity contribution in [3.05, 3.63) is 59.7 Å². The number of hydrogen-bond donors (Lipinski definition) is 1. The van der Waals surface area contributed by atoms with Gasteiger partial charge in [0.05, 0.1) is 7.11 Å². The summed E-state index contributed by atoms with van der Waals surface area (Å²) in [4.78, 5) is 14.8. The highest BCUT2D eigenvalue weighted by molar-refractivity contribution is 5.79. The number of nitrogens with zero attached hydrogens (tertiary/aromatic N) is 1. The van der Waals surface area contributed by atoms with Gasteiger partial charge >= 0.3 is 0 Å². The first-order chi connectivity index (χ1) is 12.2. The van der Waals surface area contributed by atoms with Gasteiger partial charge in [-0.05, 0) is 49.6 Å². The first kappa shape index (κ1) is 17.3. The van der Waals surface area contributed by atoms with Crippen molar-refractivity contribution in [2.24, 2.45) is 5.92 Å². The van der Waals surface area contributed by atoms with Gasteiger partial charge in [-0.3, -0.25) is 4.79 Å². The molecule has 4 heteroatoms. The maximum atomic E-state index is 12.4. The van der Waals surface area contributed by atoms with E-state index in [2.05, 4.69) is 41.4 Å². The van der Waals surface area contributed by atoms with E-state index in [0.717, 1.165) is 37.2 Å². The van der Waals surface area contributed by atoms with Crippen molar-refractivity contribution in [2.45, 2.75) is 26.3 Å². The predicted molar refractivity (Wildman–Crippen MR) is 101 cm³/mol. The van der Waals surface area contributed by atoms with Crippen LogP contribution >= 0.6 is 0 Å². The summed E-state index contributed by atoms with van der Waals surface area (Å²) in [5, 5.41) is 3.07. The van der Waals surface area contributed by atoms with Gasteiger partial charge in [0.25, 0.3) is 0 Å². The number of ether oxygens (including phenoxy) is 1. The number of methoxy groups -OCH3 is 1. The molecule has 3 rings (SSSR count). The molecule has 1 fully saturated rings. The number of carbonyl (C=O) groups excluding carboxylic acids is 1. The molecule has 1 aliphatic heterocycles. The lowest BCUT2D eigenvalue weighted by molar-refractivity contribution is -0.125. The van der Waals surface area contributed by atoms with Crippen LogP contribution in [0.25, 0.3) is 0 Å². The molecule has 1 N–H and O–H groups in total. The molecule has 1 heterocycles. The molecule has 0 bridgehead atoms. The number of amides is 1. The number of benzene rings is 2. The zero-order chi connectivity index (χ0) is 17.6. The second-order valence-electron chi connectivity index (χ2n) is 6.66. The monoisotopic (exact) mass is 338 g/mol. The third kappa shape index (κ3) is 4.53. The van der Waals surface area contributed by atoms with Gasteiger partial charge in [0, 0.05) is 31.2 Å². The van der Waals surface area contributed by atoms with Crippen molar-refractivity contribution in [1.82, 2.24) is 5.32 Å². The molecule has 2 aromatic carbocycles. The van der Waals surface area contributed by atoms with E-state index in [1.54, 1.807) is 7.11 Å². The summed E-state index contributed by atoms with van der Waals surface area (Å²) in [6, 6.07) is 16.4. The fourth-order valence-electron chi connectivity index (χ4n) is 3.23. The Morgan fingerprint density at radius 2 is 1.72 bits per heavy atom. The highest BCUT2D eigenvalue weighted by atomic mass is 16.5. The average Bonchev–Trinajstić information content (AvgIpc) is 2.67. The molecule has 0 saturated carbocycles. The van der Waals surface area contributed by atoms with Crippen molar-refractivity contribution >= 4 is 11.6 Å². The first-order valence-corrected chi connectivity index (χ1v) is 8.88. The summed E-state index contributed by atoms with van der Waals surface area (Å²) in [6.45, 7) is 4.54. The number of aryl methyl sites for hydroxylation is 1. The Balaban J connectivity index is 1.47. The quantitative estimate of drug-likeness (QED) is 0.907. The molecule has 1 saturated heterocycles. The van der Waals surface area contributed by atoms with Crippen LogP contribution in [0.2, 0.25) is 0 Å². The van der Waals surface area contributed by atoms with Crippen molar-refractivity contribution in [1.29, 1.82) is 0 Å². The summed E-state index contributed by atoms with van der Waals surface area (Å²) < 4.78 is 5.15. The van der Waals surface area contributed by atoms with Gasteiger partial charge < -0.3 is 15.0 Å². The molecule has 0 radical (unpaired) electrons. The van der Waals surface area contributed by atoms with E-state index >= 15 is 0 Å². The normalized spacial score (nSPS) is 15.0. The fourth-order valence-corrected chi connectivity index (χ4v) is 3.23. The SMILES string of the molecule is COc1ccc(CNC(=O)C2CCN(c3ccc(C)cc3)CC2)cc1. The molecular formula is C21H26N2O2. The van der Waals surface area contributed by atoms with Crippen LogP contribution in [0.15, 0.2) is 48.5 Å². The van der Waals surface area contributed by atoms with Crippen LogP contribution in [-0.2, 0) is 11.3 Å². The molecule has 0 aliphatic carbocycles. The topological polar surface area (TPSA) is 41.6 Å². The Morgan fingerprint density at radius 3 is 2.32 bits per heavy atom. The molecule has 0 aromatic heterocycles. The highest BCUT2D eigenvalue weighted by Gasteiger charge is 2.24. The first-order valence-electron chi connectivity index (χ1n) is 8.88. The summed E-state index contributed by atoms with van der Waals surface area (Å²) >= 11 is 0. The Bertz CT molecular complexity index is 687. The van der Waals surface area contributed by atoms with E-state index in [1.807, 2.05) is 24.3 Å². The van der Waals surface area contributed by atoms with Gasteiger partial charge in [-0.1, -0.05) is 29.8 Å². The minimum atomic E-state index is 0.111. The number of rotatable bonds is 5. The number of hydrogen-bond acceptors (Lipinski definition) is 3. The third-order valence-corrected chi connectivity index (χ3v) is 4.89. The van der Waals surface area contributed by atoms with Crippen molar-refractivity contribution < 1.29 is 9.53 Å². The van der Waals surface area contributed by atoms with Crippen LogP contribution in [0.5, 0.6) is 5.75 Å². The van der Waals surface area contributed by atoms with Crippen LogP contribution in [0.4, 0.5) is 5.69 Å². The lowest BCUT2D eigenvalue weighted by atomic mass is 9.95. The van der Waals surface area contributed by atoms with Gasteiger partial charge in [0.1, 0.15) is 5.75 Å². The zero-order valence-electron chi connectivity index (χ0n) is 15.0. The molecule has 1 aliphatic rings. The Kier molecular flexibility index (Phi) is 5.59. The van der Waals surface area contributed by atoms with Gasteiger partial charge in [-0.25, -0.2) is 0 Å². The van der Waals surface area contributed by atoms with Crippen LogP contribution in [0.1, 0.15) is 24.0 Å². The number of piperidine rings is 1. The summed E-state index contributed by atoms with van der Waals surface area (Å²) in [6.07, 6.45) is 1.81. The second-order valence-corrected chi connectivity index (χ2v) is 6.66. The molecule has 0 unspecified atom stereocenters. The van der Waals surface area contributed by atoms with Crippen LogP contribution in [0.3, 0.4) is 0 Å². The Morgan fingerprint density at radius 1 is 1.08 bits per heavy atom. The van der Waals surface area contributed by atoms with Crippen molar-refractivity contribution in [3.8, 4) is 5.75 Å². The Hall–Kier alpha value is -2.49. The lowest BCUT2D eigenvalue weighted by Gasteiger charge is -2.33. The average molecular weight is 338 g/mol. The van der Waals surface area contributed by atoms with E-state index in [0.29, 0.717) is 6.54 Å². The molecule has 4 nitrogen and oxygen atoms in total. The zero-order valence-corrected chi connectivity index (χ0v) is 15.0. The standard InChI is InChI=1S/C21H26N2O2/c1-16-3-7-19(8-4-16)23-13-11-18(12-14-23)21(24)22-15-17-5-9-20(25-2)10-6-17/h3-10,18H,11-15H2,1-2H3,(H,22,24). The number of nitrogens with one attached hydrogen (secondary N) is 1. The van der Waals surface area contributed by atoms with Crippen LogP contribution in [-0.4, -0.2) is 26.1 Å². The molecule has 2 aromatic rings. The van der Waals surface area contributed by atoms with E-state index in [-0.39, 0.29) is 11.8 Å². The number of anilines is 1. The van der Waals surface area contributed by atoms with Crippen molar-refractivity contribution in [3.63, 3.8) is 0 Å². The van der Waals surface area contributed by atoms with Gasteiger partial charge in [-0.15, -0.1) is 0 Å². The smallest absolute Gasteiger partial charge is 0.223 e. The third-order valence-electron chi connectivity index (χ3n) is 4.89. The molecule has 132 valence electrons. The summed E-state index contributed by atoms with van der Waals surface area (Å²) in [5.74, 6) is 1.11. The van der Waals surface area contributed by atoms with E-state index in [1.165, 1.54) is 11.3 Å². The Labute approximate surface area is 149 Å². The molecule has 1 amide bonds. The fraction of sp³-hybridized carbons (Fsp3) is 0.381. The largest absolute Gasteiger partial charge is 0.497 e. The molecule has 0 spiro atoms. The predicted octanol–water partition coefficient (Wildman–Crippen LogP) is 3.54. The van der Waals surface area contributed by atoms with Crippen LogP contribution < -0.4 is 15.0 Å². The van der Waals surface area contributed by atoms with E-state index in [4.69, 9.17) is 4.74 Å². The maximum Gasteiger partial charge on any atom is 0.223 e. The minimum Gasteiger partial charge on any atom is -0.497 e. The maximum absolute atomic E-state index is 12.4. The van der Waals surface area contributed by atoms with E-state index < -0.39 is 0 Å². The summed E-state index contributed by atoms with van der Waals surface area (Å²) in [7, 11) is 1.65. The van der Waals surface area contributed by atoms with Gasteiger partial charge in [0.2, 0.25) is 5.91 Å².